The summed E-state index contributed by atoms with van der Waals surface area (Å²) in [5, 5.41) is 5.13. The Morgan fingerprint density at radius 3 is 2.78 bits per heavy atom. The zero-order valence-electron chi connectivity index (χ0n) is 9.28. The fourth-order valence-electron chi connectivity index (χ4n) is 1.64. The average Bonchev–Trinajstić information content (AvgIpc) is 2.93. The number of hydrogen-bond donors (Lipinski definition) is 1. The van der Waals surface area contributed by atoms with Crippen molar-refractivity contribution >= 4 is 68.6 Å². The first-order valence-electron chi connectivity index (χ1n) is 5.23. The first-order chi connectivity index (χ1) is 8.65. The predicted octanol–water partition coefficient (Wildman–Crippen LogP) is 3.90. The van der Waals surface area contributed by atoms with E-state index in [0.29, 0.717) is 27.1 Å². The summed E-state index contributed by atoms with van der Waals surface area (Å²) in [6.07, 6.45) is 0. The molecule has 3 rings (SSSR count). The van der Waals surface area contributed by atoms with Gasteiger partial charge in [-0.25, -0.2) is 0 Å². The number of aliphatic imine (C=N–C) groups is 1. The molecule has 0 saturated carbocycles. The summed E-state index contributed by atoms with van der Waals surface area (Å²) in [6.45, 7) is 2.07. The van der Waals surface area contributed by atoms with Gasteiger partial charge in [0.1, 0.15) is 11.0 Å². The standard InChI is InChI=1S/C10H8Cl2N4S2/c1-4-3-17-10(13-4)14-7-5(11)2-6(12)8-9(7)16-18-15-8/h2,4H,3H2,1H3,(H,13,14). The Kier molecular flexibility index (Phi) is 3.36. The molecule has 1 aliphatic rings. The van der Waals surface area contributed by atoms with E-state index in [2.05, 4.69) is 26.0 Å². The lowest BCUT2D eigenvalue weighted by atomic mass is 10.2. The van der Waals surface area contributed by atoms with Crippen molar-refractivity contribution < 1.29 is 0 Å². The normalized spacial score (nSPS) is 19.3. The average molecular weight is 319 g/mol. The Labute approximate surface area is 122 Å². The highest BCUT2D eigenvalue weighted by Gasteiger charge is 2.19. The second kappa shape index (κ2) is 4.85. The molecule has 1 unspecified atom stereocenters. The molecule has 0 spiro atoms. The smallest absolute Gasteiger partial charge is 0.161 e. The van der Waals surface area contributed by atoms with Crippen molar-refractivity contribution in [3.05, 3.63) is 16.1 Å². The van der Waals surface area contributed by atoms with E-state index in [1.165, 1.54) is 0 Å². The van der Waals surface area contributed by atoms with Gasteiger partial charge in [0.2, 0.25) is 0 Å². The van der Waals surface area contributed by atoms with E-state index in [0.717, 1.165) is 28.3 Å². The molecular formula is C10H8Cl2N4S2. The van der Waals surface area contributed by atoms with Crippen LogP contribution in [0.15, 0.2) is 11.1 Å². The summed E-state index contributed by atoms with van der Waals surface area (Å²) in [6, 6.07) is 2.01. The number of thioether (sulfide) groups is 1. The number of amidine groups is 1. The highest BCUT2D eigenvalue weighted by Crippen LogP contribution is 2.36. The van der Waals surface area contributed by atoms with E-state index < -0.39 is 0 Å². The Hall–Kier alpha value is -0.560. The Balaban J connectivity index is 2.06. The maximum absolute atomic E-state index is 6.21. The van der Waals surface area contributed by atoms with Crippen LogP contribution in [0.3, 0.4) is 0 Å². The van der Waals surface area contributed by atoms with Gasteiger partial charge in [-0.3, -0.25) is 4.99 Å². The maximum Gasteiger partial charge on any atom is 0.161 e. The van der Waals surface area contributed by atoms with E-state index in [4.69, 9.17) is 23.2 Å². The third-order valence-corrected chi connectivity index (χ3v) is 4.72. The van der Waals surface area contributed by atoms with Gasteiger partial charge >= 0.3 is 0 Å². The second-order valence-corrected chi connectivity index (χ2v) is 6.25. The number of anilines is 1. The van der Waals surface area contributed by atoms with Crippen LogP contribution in [-0.4, -0.2) is 25.7 Å². The number of nitrogens with one attached hydrogen (secondary N) is 1. The fraction of sp³-hybridized carbons (Fsp3) is 0.300. The van der Waals surface area contributed by atoms with Crippen molar-refractivity contribution in [1.82, 2.24) is 8.75 Å². The molecule has 1 aromatic heterocycles. The topological polar surface area (TPSA) is 50.2 Å². The first-order valence-corrected chi connectivity index (χ1v) is 7.70. The van der Waals surface area contributed by atoms with Crippen molar-refractivity contribution in [2.45, 2.75) is 13.0 Å². The molecule has 0 radical (unpaired) electrons. The van der Waals surface area contributed by atoms with Crippen LogP contribution < -0.4 is 5.32 Å². The van der Waals surface area contributed by atoms with Crippen LogP contribution in [0.1, 0.15) is 6.92 Å². The van der Waals surface area contributed by atoms with Crippen LogP contribution in [0.2, 0.25) is 10.0 Å². The number of halogens is 2. The molecule has 1 aliphatic heterocycles. The molecule has 18 heavy (non-hydrogen) atoms. The predicted molar refractivity (Wildman–Crippen MR) is 80.4 cm³/mol. The van der Waals surface area contributed by atoms with Gasteiger partial charge in [0, 0.05) is 5.75 Å². The number of aromatic nitrogens is 2. The number of fused-ring (bicyclic) bond motifs is 1. The lowest BCUT2D eigenvalue weighted by Gasteiger charge is -2.08. The van der Waals surface area contributed by atoms with E-state index in [1.807, 2.05) is 0 Å². The van der Waals surface area contributed by atoms with Gasteiger partial charge < -0.3 is 5.32 Å². The molecule has 8 heteroatoms. The third-order valence-electron chi connectivity index (χ3n) is 2.47. The summed E-state index contributed by atoms with van der Waals surface area (Å²) >= 11 is 15.1. The summed E-state index contributed by atoms with van der Waals surface area (Å²) in [5.41, 5.74) is 2.09. The van der Waals surface area contributed by atoms with Crippen LogP contribution in [0, 0.1) is 0 Å². The van der Waals surface area contributed by atoms with E-state index in [9.17, 15) is 0 Å². The van der Waals surface area contributed by atoms with Crippen LogP contribution in [0.25, 0.3) is 11.0 Å². The summed E-state index contributed by atoms with van der Waals surface area (Å²) in [4.78, 5) is 4.47. The minimum Gasteiger partial charge on any atom is -0.332 e. The highest BCUT2D eigenvalue weighted by atomic mass is 35.5. The Morgan fingerprint density at radius 1 is 1.28 bits per heavy atom. The molecule has 94 valence electrons. The van der Waals surface area contributed by atoms with Crippen molar-refractivity contribution in [2.24, 2.45) is 4.99 Å². The molecule has 0 bridgehead atoms. The first kappa shape index (κ1) is 12.5. The minimum atomic E-state index is 0.327. The molecule has 1 N–H and O–H groups in total. The second-order valence-electron chi connectivity index (χ2n) is 3.90. The van der Waals surface area contributed by atoms with Crippen LogP contribution >= 0.6 is 46.7 Å². The van der Waals surface area contributed by atoms with Crippen LogP contribution in [0.5, 0.6) is 0 Å². The van der Waals surface area contributed by atoms with Gasteiger partial charge in [-0.2, -0.15) is 8.75 Å². The summed E-state index contributed by atoms with van der Waals surface area (Å²) in [5.74, 6) is 0.978. The van der Waals surface area contributed by atoms with Gasteiger partial charge in [-0.15, -0.1) is 0 Å². The molecule has 0 fully saturated rings. The molecule has 1 aromatic carbocycles. The molecular weight excluding hydrogens is 311 g/mol. The molecule has 4 nitrogen and oxygen atoms in total. The maximum atomic E-state index is 6.21. The minimum absolute atomic E-state index is 0.327. The van der Waals surface area contributed by atoms with Gasteiger partial charge in [0.05, 0.1) is 33.5 Å². The Morgan fingerprint density at radius 2 is 2.06 bits per heavy atom. The van der Waals surface area contributed by atoms with E-state index in [-0.39, 0.29) is 0 Å². The molecule has 0 saturated heterocycles. The van der Waals surface area contributed by atoms with Crippen molar-refractivity contribution in [1.29, 1.82) is 0 Å². The monoisotopic (exact) mass is 318 g/mol. The zero-order chi connectivity index (χ0) is 12.7. The van der Waals surface area contributed by atoms with Gasteiger partial charge in [0.15, 0.2) is 5.17 Å². The van der Waals surface area contributed by atoms with E-state index in [1.54, 1.807) is 17.8 Å². The SMILES string of the molecule is CC1CSC(Nc2c(Cl)cc(Cl)c3nsnc23)=N1. The van der Waals surface area contributed by atoms with Crippen molar-refractivity contribution in [2.75, 3.05) is 11.1 Å². The van der Waals surface area contributed by atoms with Crippen molar-refractivity contribution in [3.8, 4) is 0 Å². The zero-order valence-corrected chi connectivity index (χ0v) is 12.4. The fourth-order valence-corrected chi connectivity index (χ4v) is 3.70. The lowest BCUT2D eigenvalue weighted by Crippen LogP contribution is -2.06. The summed E-state index contributed by atoms with van der Waals surface area (Å²) in [7, 11) is 0. The van der Waals surface area contributed by atoms with Gasteiger partial charge in [-0.1, -0.05) is 35.0 Å². The molecule has 2 aromatic rings. The van der Waals surface area contributed by atoms with Gasteiger partial charge in [-0.05, 0) is 13.0 Å². The number of rotatable bonds is 1. The summed E-state index contributed by atoms with van der Waals surface area (Å²) < 4.78 is 8.40. The van der Waals surface area contributed by atoms with Crippen LogP contribution in [-0.2, 0) is 0 Å². The number of hydrogen-bond acceptors (Lipinski definition) is 6. The van der Waals surface area contributed by atoms with E-state index >= 15 is 0 Å². The molecule has 2 heterocycles. The lowest BCUT2D eigenvalue weighted by molar-refractivity contribution is 0.865. The third kappa shape index (κ3) is 2.18. The molecule has 0 amide bonds. The molecule has 0 aliphatic carbocycles. The van der Waals surface area contributed by atoms with Crippen molar-refractivity contribution in [3.63, 3.8) is 0 Å². The largest absolute Gasteiger partial charge is 0.332 e. The quantitative estimate of drug-likeness (QED) is 0.866. The molecule has 1 atom stereocenters. The van der Waals surface area contributed by atoms with Crippen LogP contribution in [0.4, 0.5) is 5.69 Å². The Bertz CT molecular complexity index is 640. The number of nitrogens with zero attached hydrogens (tertiary/aromatic N) is 3. The number of benzene rings is 1. The highest BCUT2D eigenvalue weighted by molar-refractivity contribution is 8.14. The van der Waals surface area contributed by atoms with Gasteiger partial charge in [0.25, 0.3) is 0 Å².